The van der Waals surface area contributed by atoms with Crippen molar-refractivity contribution in [3.63, 3.8) is 0 Å². The van der Waals surface area contributed by atoms with Crippen molar-refractivity contribution >= 4 is 17.9 Å². The van der Waals surface area contributed by atoms with Crippen molar-refractivity contribution in [1.29, 1.82) is 0 Å². The molecule has 0 aliphatic heterocycles. The lowest BCUT2D eigenvalue weighted by Gasteiger charge is -2.18. The molecule has 0 bridgehead atoms. The van der Waals surface area contributed by atoms with E-state index < -0.39 is 6.10 Å². The normalized spacial score (nSPS) is 12.3. The lowest BCUT2D eigenvalue weighted by atomic mass is 10.0. The van der Waals surface area contributed by atoms with E-state index in [-0.39, 0.29) is 31.1 Å². The summed E-state index contributed by atoms with van der Waals surface area (Å²) in [5.41, 5.74) is 0. The van der Waals surface area contributed by atoms with E-state index in [4.69, 9.17) is 14.2 Å². The summed E-state index contributed by atoms with van der Waals surface area (Å²) >= 11 is 0. The van der Waals surface area contributed by atoms with Crippen LogP contribution in [-0.4, -0.2) is 37.2 Å². The molecule has 0 N–H and O–H groups in total. The Morgan fingerprint density at radius 2 is 0.500 bits per heavy atom. The largest absolute Gasteiger partial charge is 0.462 e. The highest BCUT2D eigenvalue weighted by molar-refractivity contribution is 5.71. The fourth-order valence-corrected chi connectivity index (χ4v) is 9.94. The minimum atomic E-state index is -0.776. The van der Waals surface area contributed by atoms with E-state index in [2.05, 4.69) is 69.4 Å². The van der Waals surface area contributed by atoms with Crippen molar-refractivity contribution in [2.24, 2.45) is 0 Å². The number of esters is 3. The first-order valence-corrected chi connectivity index (χ1v) is 33.6. The summed E-state index contributed by atoms with van der Waals surface area (Å²) in [5, 5.41) is 0. The van der Waals surface area contributed by atoms with Crippen LogP contribution >= 0.6 is 0 Å². The van der Waals surface area contributed by atoms with Gasteiger partial charge in [-0.05, 0) is 96.3 Å². The zero-order chi connectivity index (χ0) is 55.0. The number of hydrogen-bond donors (Lipinski definition) is 0. The van der Waals surface area contributed by atoms with Gasteiger partial charge >= 0.3 is 17.9 Å². The van der Waals surface area contributed by atoms with Crippen molar-refractivity contribution in [1.82, 2.24) is 0 Å². The Labute approximate surface area is 473 Å². The van der Waals surface area contributed by atoms with Crippen LogP contribution in [0.15, 0.2) is 48.6 Å². The zero-order valence-corrected chi connectivity index (χ0v) is 51.0. The number of rotatable bonds is 62. The van der Waals surface area contributed by atoms with E-state index in [1.807, 2.05) is 0 Å². The first-order valence-electron chi connectivity index (χ1n) is 33.6. The van der Waals surface area contributed by atoms with Crippen molar-refractivity contribution in [2.75, 3.05) is 13.2 Å². The molecule has 0 aliphatic rings. The average molecular weight is 1070 g/mol. The summed E-state index contributed by atoms with van der Waals surface area (Å²) in [6.45, 7) is 6.61. The van der Waals surface area contributed by atoms with Crippen LogP contribution in [0, 0.1) is 0 Å². The van der Waals surface area contributed by atoms with Crippen molar-refractivity contribution in [3.05, 3.63) is 48.6 Å². The van der Waals surface area contributed by atoms with Gasteiger partial charge < -0.3 is 14.2 Å². The van der Waals surface area contributed by atoms with Crippen molar-refractivity contribution in [3.8, 4) is 0 Å². The van der Waals surface area contributed by atoms with Crippen molar-refractivity contribution in [2.45, 2.75) is 367 Å². The Bertz CT molecular complexity index is 1310. The standard InChI is InChI=1S/C70H128O6/c1-4-7-10-13-16-19-22-24-26-28-30-32-34-35-37-38-40-42-44-46-48-51-54-57-60-63-69(72)75-66-67(65-74-68(71)62-59-56-53-50-21-18-15-12-9-6-3)76-70(73)64-61-58-55-52-49-47-45-43-41-39-36-33-31-29-27-25-23-20-17-14-11-8-5-2/h12,15,22,24,28-31,67H,4-11,13-14,16-21,23,25-27,32-66H2,1-3H3/b15-12-,24-22-,30-28-,31-29-. The van der Waals surface area contributed by atoms with Crippen LogP contribution in [-0.2, 0) is 28.6 Å². The van der Waals surface area contributed by atoms with Crippen LogP contribution in [0.5, 0.6) is 0 Å². The van der Waals surface area contributed by atoms with Gasteiger partial charge in [-0.15, -0.1) is 0 Å². The van der Waals surface area contributed by atoms with Crippen LogP contribution in [0.3, 0.4) is 0 Å². The van der Waals surface area contributed by atoms with Crippen molar-refractivity contribution < 1.29 is 28.6 Å². The molecule has 0 radical (unpaired) electrons. The molecule has 0 heterocycles. The van der Waals surface area contributed by atoms with Gasteiger partial charge in [0.2, 0.25) is 0 Å². The Morgan fingerprint density at radius 3 is 0.789 bits per heavy atom. The van der Waals surface area contributed by atoms with Crippen LogP contribution < -0.4 is 0 Å². The molecule has 76 heavy (non-hydrogen) atoms. The van der Waals surface area contributed by atoms with E-state index >= 15 is 0 Å². The second-order valence-electron chi connectivity index (χ2n) is 22.7. The van der Waals surface area contributed by atoms with Gasteiger partial charge in [-0.3, -0.25) is 14.4 Å². The fraction of sp³-hybridized carbons (Fsp3) is 0.843. The lowest BCUT2D eigenvalue weighted by molar-refractivity contribution is -0.167. The first-order chi connectivity index (χ1) is 37.5. The second-order valence-corrected chi connectivity index (χ2v) is 22.7. The third-order valence-corrected chi connectivity index (χ3v) is 15.0. The number of carbonyl (C=O) groups excluding carboxylic acids is 3. The third kappa shape index (κ3) is 62.2. The summed E-state index contributed by atoms with van der Waals surface area (Å²) < 4.78 is 16.9. The fourth-order valence-electron chi connectivity index (χ4n) is 9.94. The number of carbonyl (C=O) groups is 3. The van der Waals surface area contributed by atoms with Gasteiger partial charge in [-0.2, -0.15) is 0 Å². The molecule has 0 fully saturated rings. The van der Waals surface area contributed by atoms with Crippen LogP contribution in [0.25, 0.3) is 0 Å². The van der Waals surface area contributed by atoms with E-state index in [1.165, 1.54) is 244 Å². The summed E-state index contributed by atoms with van der Waals surface area (Å²) in [7, 11) is 0. The molecule has 0 saturated heterocycles. The highest BCUT2D eigenvalue weighted by Crippen LogP contribution is 2.17. The molecule has 1 atom stereocenters. The lowest BCUT2D eigenvalue weighted by Crippen LogP contribution is -2.30. The molecule has 0 aliphatic carbocycles. The molecule has 1 unspecified atom stereocenters. The molecule has 0 aromatic rings. The molecule has 0 amide bonds. The second kappa shape index (κ2) is 64.9. The quantitative estimate of drug-likeness (QED) is 0.0261. The van der Waals surface area contributed by atoms with Gasteiger partial charge in [-0.1, -0.05) is 294 Å². The predicted octanol–water partition coefficient (Wildman–Crippen LogP) is 22.9. The summed E-state index contributed by atoms with van der Waals surface area (Å²) in [5.74, 6) is -0.866. The maximum atomic E-state index is 12.9. The highest BCUT2D eigenvalue weighted by Gasteiger charge is 2.19. The number of hydrogen-bond acceptors (Lipinski definition) is 6. The maximum absolute atomic E-state index is 12.9. The summed E-state index contributed by atoms with van der Waals surface area (Å²) in [6, 6.07) is 0. The highest BCUT2D eigenvalue weighted by atomic mass is 16.6. The SMILES string of the molecule is CCC/C=C\CCCCCCCC(=O)OCC(COC(=O)CCCCCCCCCCCCCCC/C=C\C/C=C\CCCCCCC)OC(=O)CCCCCCCCCCCCC/C=C\CCCCCCCCCC. The van der Waals surface area contributed by atoms with Gasteiger partial charge in [0, 0.05) is 19.3 Å². The van der Waals surface area contributed by atoms with Crippen LogP contribution in [0.4, 0.5) is 0 Å². The van der Waals surface area contributed by atoms with Gasteiger partial charge in [0.1, 0.15) is 13.2 Å². The van der Waals surface area contributed by atoms with Gasteiger partial charge in [0.25, 0.3) is 0 Å². The van der Waals surface area contributed by atoms with E-state index in [0.29, 0.717) is 19.3 Å². The number of allylic oxidation sites excluding steroid dienone is 8. The Hall–Kier alpha value is -2.63. The summed E-state index contributed by atoms with van der Waals surface area (Å²) in [4.78, 5) is 38.3. The minimum Gasteiger partial charge on any atom is -0.462 e. The van der Waals surface area contributed by atoms with E-state index in [0.717, 1.165) is 77.0 Å². The molecule has 0 aromatic heterocycles. The van der Waals surface area contributed by atoms with E-state index in [9.17, 15) is 14.4 Å². The smallest absolute Gasteiger partial charge is 0.306 e. The molecule has 0 rings (SSSR count). The Balaban J connectivity index is 4.19. The molecular weight excluding hydrogens is 937 g/mol. The van der Waals surface area contributed by atoms with Crippen LogP contribution in [0.1, 0.15) is 361 Å². The average Bonchev–Trinajstić information content (AvgIpc) is 3.42. The number of ether oxygens (including phenoxy) is 3. The molecular formula is C70H128O6. The molecule has 0 aromatic carbocycles. The predicted molar refractivity (Wildman–Crippen MR) is 330 cm³/mol. The summed E-state index contributed by atoms with van der Waals surface area (Å²) in [6.07, 6.45) is 81.4. The third-order valence-electron chi connectivity index (χ3n) is 15.0. The first kappa shape index (κ1) is 73.4. The van der Waals surface area contributed by atoms with Gasteiger partial charge in [0.05, 0.1) is 0 Å². The number of unbranched alkanes of at least 4 members (excludes halogenated alkanes) is 43. The van der Waals surface area contributed by atoms with E-state index in [1.54, 1.807) is 0 Å². The van der Waals surface area contributed by atoms with Gasteiger partial charge in [0.15, 0.2) is 6.10 Å². The Morgan fingerprint density at radius 1 is 0.263 bits per heavy atom. The minimum absolute atomic E-state index is 0.0736. The monoisotopic (exact) mass is 1060 g/mol. The van der Waals surface area contributed by atoms with Crippen LogP contribution in [0.2, 0.25) is 0 Å². The van der Waals surface area contributed by atoms with Gasteiger partial charge in [-0.25, -0.2) is 0 Å². The maximum Gasteiger partial charge on any atom is 0.306 e. The molecule has 444 valence electrons. The molecule has 0 spiro atoms. The Kier molecular flexibility index (Phi) is 62.6. The molecule has 6 nitrogen and oxygen atoms in total. The molecule has 0 saturated carbocycles. The zero-order valence-electron chi connectivity index (χ0n) is 51.0. The molecule has 6 heteroatoms. The topological polar surface area (TPSA) is 78.9 Å².